The Morgan fingerprint density at radius 3 is 3.04 bits per heavy atom. The van der Waals surface area contributed by atoms with E-state index in [1.807, 2.05) is 10.8 Å². The quantitative estimate of drug-likeness (QED) is 0.883. The molecule has 7 nitrogen and oxygen atoms in total. The Morgan fingerprint density at radius 2 is 2.17 bits per heavy atom. The molecule has 1 aromatic heterocycles. The average Bonchev–Trinajstić information content (AvgIpc) is 3.11. The van der Waals surface area contributed by atoms with Crippen molar-refractivity contribution in [1.29, 1.82) is 0 Å². The maximum atomic E-state index is 12.6. The molecule has 2 aliphatic heterocycles. The van der Waals surface area contributed by atoms with Crippen LogP contribution in [-0.2, 0) is 27.8 Å². The molecule has 3 heterocycles. The highest BCUT2D eigenvalue weighted by Gasteiger charge is 2.29. The first kappa shape index (κ1) is 14.4. The van der Waals surface area contributed by atoms with Crippen molar-refractivity contribution in [2.24, 2.45) is 0 Å². The number of benzene rings is 1. The normalized spacial score (nSPS) is 20.0. The number of carbonyl (C=O) groups is 1. The highest BCUT2D eigenvalue weighted by molar-refractivity contribution is 7.89. The Balaban J connectivity index is 1.61. The first-order chi connectivity index (χ1) is 11.0. The molecule has 120 valence electrons. The van der Waals surface area contributed by atoms with Gasteiger partial charge in [-0.2, -0.15) is 0 Å². The molecule has 2 aromatic rings. The van der Waals surface area contributed by atoms with Crippen molar-refractivity contribution in [2.45, 2.75) is 36.7 Å². The van der Waals surface area contributed by atoms with E-state index in [4.69, 9.17) is 0 Å². The number of anilines is 1. The lowest BCUT2D eigenvalue weighted by Crippen LogP contribution is -2.28. The van der Waals surface area contributed by atoms with Crippen LogP contribution in [0.15, 0.2) is 35.5 Å². The average molecular weight is 332 g/mol. The van der Waals surface area contributed by atoms with Crippen molar-refractivity contribution in [2.75, 3.05) is 5.32 Å². The zero-order valence-corrected chi connectivity index (χ0v) is 13.1. The lowest BCUT2D eigenvalue weighted by molar-refractivity contribution is -0.116. The summed E-state index contributed by atoms with van der Waals surface area (Å²) < 4.78 is 30.0. The molecule has 0 radical (unpaired) electrons. The fourth-order valence-corrected chi connectivity index (χ4v) is 4.39. The summed E-state index contributed by atoms with van der Waals surface area (Å²) >= 11 is 0. The van der Waals surface area contributed by atoms with Gasteiger partial charge < -0.3 is 9.88 Å². The van der Waals surface area contributed by atoms with Gasteiger partial charge in [-0.05, 0) is 36.6 Å². The number of amides is 1. The van der Waals surface area contributed by atoms with Gasteiger partial charge in [0.25, 0.3) is 0 Å². The van der Waals surface area contributed by atoms with Gasteiger partial charge in [-0.1, -0.05) is 0 Å². The summed E-state index contributed by atoms with van der Waals surface area (Å²) in [7, 11) is -3.63. The Hall–Kier alpha value is -2.19. The number of aromatic nitrogens is 2. The van der Waals surface area contributed by atoms with E-state index < -0.39 is 10.0 Å². The van der Waals surface area contributed by atoms with Crippen LogP contribution in [-0.4, -0.2) is 23.9 Å². The third kappa shape index (κ3) is 2.53. The summed E-state index contributed by atoms with van der Waals surface area (Å²) in [6.45, 7) is 0.763. The molecule has 1 atom stereocenters. The summed E-state index contributed by atoms with van der Waals surface area (Å²) in [6, 6.07) is 4.51. The molecule has 8 heteroatoms. The molecular formula is C15H16N4O3S. The topological polar surface area (TPSA) is 93.1 Å². The van der Waals surface area contributed by atoms with Crippen LogP contribution in [0.4, 0.5) is 5.69 Å². The first-order valence-corrected chi connectivity index (χ1v) is 8.97. The highest BCUT2D eigenvalue weighted by atomic mass is 32.2. The summed E-state index contributed by atoms with van der Waals surface area (Å²) in [5.74, 6) is 0.711. The van der Waals surface area contributed by atoms with E-state index >= 15 is 0 Å². The van der Waals surface area contributed by atoms with Gasteiger partial charge in [0, 0.05) is 31.0 Å². The van der Waals surface area contributed by atoms with Crippen molar-refractivity contribution >= 4 is 21.6 Å². The van der Waals surface area contributed by atoms with Gasteiger partial charge in [0.2, 0.25) is 15.9 Å². The standard InChI is InChI=1S/C15H16N4O3S/c20-14-4-1-10-9-11(2-3-12(10)17-14)23(21,22)18-13-5-7-19-8-6-16-15(13)19/h2-3,6,8-9,13,18H,1,4-5,7H2,(H,17,20). The Bertz CT molecular complexity index is 888. The van der Waals surface area contributed by atoms with Crippen molar-refractivity contribution in [1.82, 2.24) is 14.3 Å². The van der Waals surface area contributed by atoms with Gasteiger partial charge in [-0.3, -0.25) is 4.79 Å². The van der Waals surface area contributed by atoms with Crippen LogP contribution in [0.2, 0.25) is 0 Å². The Labute approximate surface area is 133 Å². The van der Waals surface area contributed by atoms with E-state index in [-0.39, 0.29) is 16.8 Å². The smallest absolute Gasteiger partial charge is 0.241 e. The van der Waals surface area contributed by atoms with Gasteiger partial charge in [0.05, 0.1) is 10.9 Å². The molecule has 1 unspecified atom stereocenters. The highest BCUT2D eigenvalue weighted by Crippen LogP contribution is 2.28. The van der Waals surface area contributed by atoms with E-state index in [1.54, 1.807) is 18.3 Å². The van der Waals surface area contributed by atoms with E-state index in [1.165, 1.54) is 6.07 Å². The monoisotopic (exact) mass is 332 g/mol. The summed E-state index contributed by atoms with van der Waals surface area (Å²) in [5, 5.41) is 2.75. The van der Waals surface area contributed by atoms with Crippen LogP contribution in [0.25, 0.3) is 0 Å². The van der Waals surface area contributed by atoms with Crippen molar-refractivity contribution in [3.63, 3.8) is 0 Å². The van der Waals surface area contributed by atoms with Gasteiger partial charge in [-0.15, -0.1) is 0 Å². The number of sulfonamides is 1. The van der Waals surface area contributed by atoms with Crippen molar-refractivity contribution in [3.05, 3.63) is 42.0 Å². The number of aryl methyl sites for hydroxylation is 2. The fraction of sp³-hybridized carbons (Fsp3) is 0.333. The Kier molecular flexibility index (Phi) is 3.24. The van der Waals surface area contributed by atoms with Crippen LogP contribution in [0.5, 0.6) is 0 Å². The van der Waals surface area contributed by atoms with E-state index in [2.05, 4.69) is 15.0 Å². The molecule has 2 N–H and O–H groups in total. The predicted octanol–water partition coefficient (Wildman–Crippen LogP) is 1.19. The minimum absolute atomic E-state index is 0.0379. The molecule has 0 aliphatic carbocycles. The molecule has 0 spiro atoms. The molecule has 4 rings (SSSR count). The number of nitrogens with zero attached hydrogens (tertiary/aromatic N) is 2. The number of fused-ring (bicyclic) bond motifs is 2. The van der Waals surface area contributed by atoms with Crippen LogP contribution in [0, 0.1) is 0 Å². The first-order valence-electron chi connectivity index (χ1n) is 7.49. The predicted molar refractivity (Wildman–Crippen MR) is 83.3 cm³/mol. The maximum Gasteiger partial charge on any atom is 0.241 e. The van der Waals surface area contributed by atoms with Gasteiger partial charge in [0.15, 0.2) is 0 Å². The third-order valence-electron chi connectivity index (χ3n) is 4.30. The number of carbonyl (C=O) groups excluding carboxylic acids is 1. The number of imidazole rings is 1. The lowest BCUT2D eigenvalue weighted by Gasteiger charge is -2.18. The Morgan fingerprint density at radius 1 is 1.30 bits per heavy atom. The second-order valence-electron chi connectivity index (χ2n) is 5.81. The molecule has 0 saturated carbocycles. The summed E-state index contributed by atoms with van der Waals surface area (Å²) in [5.41, 5.74) is 1.54. The van der Waals surface area contributed by atoms with E-state index in [0.717, 1.165) is 17.9 Å². The molecule has 0 fully saturated rings. The largest absolute Gasteiger partial charge is 0.334 e. The van der Waals surface area contributed by atoms with E-state index in [9.17, 15) is 13.2 Å². The van der Waals surface area contributed by atoms with Gasteiger partial charge in [0.1, 0.15) is 5.82 Å². The van der Waals surface area contributed by atoms with Crippen LogP contribution in [0.1, 0.15) is 30.3 Å². The van der Waals surface area contributed by atoms with Crippen LogP contribution in [0.3, 0.4) is 0 Å². The minimum Gasteiger partial charge on any atom is -0.334 e. The minimum atomic E-state index is -3.63. The van der Waals surface area contributed by atoms with Crippen LogP contribution >= 0.6 is 0 Å². The molecule has 1 aromatic carbocycles. The maximum absolute atomic E-state index is 12.6. The summed E-state index contributed by atoms with van der Waals surface area (Å²) in [4.78, 5) is 15.8. The molecule has 23 heavy (non-hydrogen) atoms. The molecule has 0 saturated heterocycles. The lowest BCUT2D eigenvalue weighted by atomic mass is 10.0. The molecule has 2 aliphatic rings. The summed E-state index contributed by atoms with van der Waals surface area (Å²) in [6.07, 6.45) is 5.16. The fourth-order valence-electron chi connectivity index (χ4n) is 3.11. The zero-order valence-electron chi connectivity index (χ0n) is 12.3. The zero-order chi connectivity index (χ0) is 16.0. The molecule has 0 bridgehead atoms. The number of nitrogens with one attached hydrogen (secondary N) is 2. The number of hydrogen-bond acceptors (Lipinski definition) is 4. The second kappa shape index (κ2) is 5.17. The van der Waals surface area contributed by atoms with E-state index in [0.29, 0.717) is 24.9 Å². The van der Waals surface area contributed by atoms with Gasteiger partial charge in [-0.25, -0.2) is 18.1 Å². The number of rotatable bonds is 3. The molecule has 1 amide bonds. The van der Waals surface area contributed by atoms with Gasteiger partial charge >= 0.3 is 0 Å². The van der Waals surface area contributed by atoms with Crippen LogP contribution < -0.4 is 10.0 Å². The second-order valence-corrected chi connectivity index (χ2v) is 7.52. The third-order valence-corrected chi connectivity index (χ3v) is 5.77. The van der Waals surface area contributed by atoms with Crippen molar-refractivity contribution in [3.8, 4) is 0 Å². The number of hydrogen-bond donors (Lipinski definition) is 2. The SMILES string of the molecule is O=C1CCc2cc(S(=O)(=O)NC3CCn4ccnc43)ccc2N1. The van der Waals surface area contributed by atoms with Crippen molar-refractivity contribution < 1.29 is 13.2 Å². The molecular weight excluding hydrogens is 316 g/mol.